The average Bonchev–Trinajstić information content (AvgIpc) is 3.57. The van der Waals surface area contributed by atoms with Crippen LogP contribution >= 0.6 is 11.3 Å². The van der Waals surface area contributed by atoms with Crippen LogP contribution in [-0.4, -0.2) is 27.1 Å². The molecule has 6 aromatic rings. The van der Waals surface area contributed by atoms with Crippen LogP contribution < -0.4 is 4.58 Å². The molecular weight excluding hydrogens is 713 g/mol. The van der Waals surface area contributed by atoms with E-state index in [9.17, 15) is 0 Å². The number of pyridine rings is 2. The molecule has 0 unspecified atom stereocenters. The van der Waals surface area contributed by atoms with Crippen molar-refractivity contribution in [3.05, 3.63) is 114 Å². The zero-order valence-corrected chi connectivity index (χ0v) is 27.4. The van der Waals surface area contributed by atoms with E-state index in [4.69, 9.17) is 0 Å². The molecule has 7 rings (SSSR count). The molecule has 0 fully saturated rings. The molecule has 0 saturated heterocycles. The predicted molar refractivity (Wildman–Crippen MR) is 171 cm³/mol. The van der Waals surface area contributed by atoms with Crippen molar-refractivity contribution in [3.63, 3.8) is 0 Å². The number of para-hydroxylation sites is 2. The molecule has 3 aromatic heterocycles. The van der Waals surface area contributed by atoms with Gasteiger partial charge in [0.25, 0.3) is 11.4 Å². The topological polar surface area (TPSA) is 31.8 Å². The van der Waals surface area contributed by atoms with Gasteiger partial charge in [-0.3, -0.25) is 0 Å². The Kier molecular flexibility index (Phi) is 9.21. The molecule has 0 atom stereocenters. The quantitative estimate of drug-likeness (QED) is 0.130. The number of unbranched alkanes of at least 4 members (excludes halogenated alkanes) is 1. The minimum Gasteiger partial charge on any atom is -0.304 e. The summed E-state index contributed by atoms with van der Waals surface area (Å²) >= 11 is 1.73. The van der Waals surface area contributed by atoms with Gasteiger partial charge in [-0.2, -0.15) is 23.5 Å². The Morgan fingerprint density at radius 3 is 2.48 bits per heavy atom. The summed E-state index contributed by atoms with van der Waals surface area (Å²) in [5.74, 6) is 0. The number of rotatable bonds is 5. The molecule has 0 spiro atoms. The normalized spacial score (nSPS) is 11.8. The van der Waals surface area contributed by atoms with Crippen LogP contribution in [0.25, 0.3) is 31.6 Å². The van der Waals surface area contributed by atoms with Crippen LogP contribution in [-0.2, 0) is 20.1 Å². The molecule has 0 aliphatic carbocycles. The van der Waals surface area contributed by atoms with E-state index in [1.807, 2.05) is 30.6 Å². The van der Waals surface area contributed by atoms with E-state index < -0.39 is 0 Å². The first-order chi connectivity index (χ1) is 20.0. The zero-order chi connectivity index (χ0) is 28.3. The Labute approximate surface area is 265 Å². The second kappa shape index (κ2) is 13.0. The van der Waals surface area contributed by atoms with E-state index in [-0.39, 0.29) is 20.1 Å². The maximum absolute atomic E-state index is 4.54. The smallest absolute Gasteiger partial charge is 0.304 e. The molecule has 0 N–H and O–H groups in total. The van der Waals surface area contributed by atoms with Gasteiger partial charge in [0.05, 0.1) is 0 Å². The van der Waals surface area contributed by atoms with Gasteiger partial charge in [0.2, 0.25) is 0 Å². The van der Waals surface area contributed by atoms with E-state index in [1.54, 1.807) is 11.3 Å². The molecule has 0 bridgehead atoms. The molecular formula is C36H32IrN4S. The summed E-state index contributed by atoms with van der Waals surface area (Å²) in [5, 5.41) is 2.44. The number of thiophene rings is 1. The van der Waals surface area contributed by atoms with Crippen LogP contribution in [0.2, 0.25) is 0 Å². The van der Waals surface area contributed by atoms with Crippen molar-refractivity contribution in [1.29, 1.82) is 0 Å². The molecule has 0 saturated carbocycles. The van der Waals surface area contributed by atoms with Gasteiger partial charge in [-0.05, 0) is 41.3 Å². The van der Waals surface area contributed by atoms with Crippen molar-refractivity contribution < 1.29 is 24.7 Å². The van der Waals surface area contributed by atoms with Crippen molar-refractivity contribution in [2.24, 2.45) is 0 Å². The van der Waals surface area contributed by atoms with E-state index in [1.165, 1.54) is 44.3 Å². The molecule has 0 amide bonds. The number of nitrogens with zero attached hydrogens (tertiary/aromatic N) is 4. The second-order valence-corrected chi connectivity index (χ2v) is 11.4. The molecule has 4 nitrogen and oxygen atoms in total. The minimum absolute atomic E-state index is 0. The Balaban J connectivity index is 0.000000189. The summed E-state index contributed by atoms with van der Waals surface area (Å²) in [6.07, 6.45) is 6.09. The number of fused-ring (bicyclic) bond motifs is 4. The number of benzene rings is 3. The molecule has 1 aliphatic rings. The van der Waals surface area contributed by atoms with Crippen molar-refractivity contribution in [3.8, 4) is 11.3 Å². The SMILES string of the molecule is CCCC[N+]1=C=[N+](c2[c-]ccc3c2sc2ncccc23)c2ccccc21.Cc1c[c-]c(-c2cc(C)c(C)cn2)cc1.[Ir]. The van der Waals surface area contributed by atoms with E-state index in [2.05, 4.69) is 120 Å². The Hall–Kier alpha value is -3.79. The fourth-order valence-corrected chi connectivity index (χ4v) is 6.06. The second-order valence-electron chi connectivity index (χ2n) is 10.4. The van der Waals surface area contributed by atoms with Crippen LogP contribution in [0, 0.1) is 32.9 Å². The van der Waals surface area contributed by atoms with Crippen molar-refractivity contribution in [2.45, 2.75) is 40.5 Å². The van der Waals surface area contributed by atoms with Gasteiger partial charge in [-0.1, -0.05) is 59.2 Å². The molecule has 1 radical (unpaired) electrons. The summed E-state index contributed by atoms with van der Waals surface area (Å²) in [5.41, 5.74) is 9.21. The molecule has 1 aliphatic heterocycles. The Morgan fingerprint density at radius 2 is 1.71 bits per heavy atom. The van der Waals surface area contributed by atoms with E-state index in [0.717, 1.165) is 40.4 Å². The van der Waals surface area contributed by atoms with E-state index in [0.29, 0.717) is 0 Å². The van der Waals surface area contributed by atoms with Crippen LogP contribution in [0.4, 0.5) is 17.1 Å². The maximum atomic E-state index is 4.54. The van der Waals surface area contributed by atoms with Gasteiger partial charge in [-0.15, -0.1) is 46.8 Å². The molecule has 211 valence electrons. The van der Waals surface area contributed by atoms with Gasteiger partial charge in [0.1, 0.15) is 10.5 Å². The predicted octanol–water partition coefficient (Wildman–Crippen LogP) is 9.19. The summed E-state index contributed by atoms with van der Waals surface area (Å²) in [7, 11) is 0. The minimum atomic E-state index is 0. The van der Waals surface area contributed by atoms with Crippen LogP contribution in [0.5, 0.6) is 0 Å². The van der Waals surface area contributed by atoms with Crippen molar-refractivity contribution in [2.75, 3.05) is 6.54 Å². The average molecular weight is 745 g/mol. The van der Waals surface area contributed by atoms with Gasteiger partial charge < -0.3 is 4.98 Å². The first kappa shape index (κ1) is 29.7. The zero-order valence-electron chi connectivity index (χ0n) is 24.2. The standard InChI is InChI=1S/C22H18N3S.C14H14N.Ir/c1-2-3-14-24-15-25(19-11-5-4-10-18(19)24)20-12-6-8-16-17-9-7-13-23-22(17)26-21(16)20;1-10-4-6-13(7-5-10)14-8-11(2)12(3)9-15-14;/h4-11,13H,2-3,14H2,1H3;4-6,8-9H,1-3H3;/q+1;-1;. The van der Waals surface area contributed by atoms with Crippen molar-refractivity contribution >= 4 is 54.7 Å². The summed E-state index contributed by atoms with van der Waals surface area (Å²) < 4.78 is 5.60. The van der Waals surface area contributed by atoms with Crippen LogP contribution in [0.15, 0.2) is 85.2 Å². The monoisotopic (exact) mass is 745 g/mol. The maximum Gasteiger partial charge on any atom is 0.494 e. The summed E-state index contributed by atoms with van der Waals surface area (Å²) in [6, 6.07) is 35.3. The third-order valence-electron chi connectivity index (χ3n) is 7.40. The Morgan fingerprint density at radius 1 is 0.881 bits per heavy atom. The van der Waals surface area contributed by atoms with Gasteiger partial charge in [-0.25, -0.2) is 4.98 Å². The van der Waals surface area contributed by atoms with Gasteiger partial charge in [0, 0.05) is 51.1 Å². The fraction of sp³-hybridized carbons (Fsp3) is 0.194. The van der Waals surface area contributed by atoms with Crippen molar-refractivity contribution in [1.82, 2.24) is 14.5 Å². The first-order valence-electron chi connectivity index (χ1n) is 14.1. The fourth-order valence-electron chi connectivity index (χ4n) is 4.93. The Bertz CT molecular complexity index is 1950. The van der Waals surface area contributed by atoms with Gasteiger partial charge >= 0.3 is 6.01 Å². The molecule has 4 heterocycles. The number of hydrogen-bond acceptors (Lipinski definition) is 3. The number of hydrogen-bond donors (Lipinski definition) is 0. The largest absolute Gasteiger partial charge is 0.494 e. The molecule has 6 heteroatoms. The molecule has 42 heavy (non-hydrogen) atoms. The van der Waals surface area contributed by atoms with Crippen LogP contribution in [0.3, 0.4) is 0 Å². The van der Waals surface area contributed by atoms with Gasteiger partial charge in [0.15, 0.2) is 6.54 Å². The van der Waals surface area contributed by atoms with Crippen LogP contribution in [0.1, 0.15) is 36.5 Å². The first-order valence-corrected chi connectivity index (χ1v) is 14.9. The third kappa shape index (κ3) is 5.90. The van der Waals surface area contributed by atoms with E-state index >= 15 is 0 Å². The number of aromatic nitrogens is 2. The number of aryl methyl sites for hydroxylation is 3. The summed E-state index contributed by atoms with van der Waals surface area (Å²) in [4.78, 5) is 10.0. The third-order valence-corrected chi connectivity index (χ3v) is 8.54. The molecule has 3 aromatic carbocycles. The summed E-state index contributed by atoms with van der Waals surface area (Å²) in [6.45, 7) is 9.44.